The Morgan fingerprint density at radius 3 is 1.53 bits per heavy atom. The fraction of sp³-hybridized carbons (Fsp3) is 0.0638. The summed E-state index contributed by atoms with van der Waals surface area (Å²) < 4.78 is 0. The highest BCUT2D eigenvalue weighted by atomic mass is 14.4. The molecule has 0 amide bonds. The second-order valence-corrected chi connectivity index (χ2v) is 13.8. The minimum absolute atomic E-state index is 0.0130. The van der Waals surface area contributed by atoms with E-state index in [-0.39, 0.29) is 5.41 Å². The Bertz CT molecular complexity index is 2760. The van der Waals surface area contributed by atoms with E-state index in [9.17, 15) is 0 Å². The maximum atomic E-state index is 2.43. The first-order valence-electron chi connectivity index (χ1n) is 16.6. The van der Waals surface area contributed by atoms with Gasteiger partial charge in [0.1, 0.15) is 0 Å². The number of fused-ring (bicyclic) bond motifs is 11. The maximum absolute atomic E-state index is 2.43. The van der Waals surface area contributed by atoms with Crippen molar-refractivity contribution in [2.45, 2.75) is 19.3 Å². The van der Waals surface area contributed by atoms with Gasteiger partial charge in [0.15, 0.2) is 0 Å². The molecule has 9 aromatic rings. The maximum Gasteiger partial charge on any atom is 0.0159 e. The van der Waals surface area contributed by atoms with Crippen LogP contribution in [0.15, 0.2) is 158 Å². The summed E-state index contributed by atoms with van der Waals surface area (Å²) in [5.41, 5.74) is 10.6. The van der Waals surface area contributed by atoms with Gasteiger partial charge < -0.3 is 0 Å². The summed E-state index contributed by atoms with van der Waals surface area (Å²) in [4.78, 5) is 0. The van der Waals surface area contributed by atoms with E-state index in [4.69, 9.17) is 0 Å². The van der Waals surface area contributed by atoms with Gasteiger partial charge in [0.25, 0.3) is 0 Å². The molecule has 0 aromatic heterocycles. The molecule has 10 rings (SSSR count). The van der Waals surface area contributed by atoms with Crippen LogP contribution in [-0.4, -0.2) is 0 Å². The van der Waals surface area contributed by atoms with Gasteiger partial charge in [-0.25, -0.2) is 0 Å². The average Bonchev–Trinajstić information content (AvgIpc) is 3.36. The summed E-state index contributed by atoms with van der Waals surface area (Å²) in [6.45, 7) is 4.71. The van der Waals surface area contributed by atoms with Crippen LogP contribution in [0.5, 0.6) is 0 Å². The molecule has 220 valence electrons. The predicted molar refractivity (Wildman–Crippen MR) is 202 cm³/mol. The molecule has 0 nitrogen and oxygen atoms in total. The van der Waals surface area contributed by atoms with E-state index in [0.29, 0.717) is 0 Å². The van der Waals surface area contributed by atoms with Crippen molar-refractivity contribution in [2.24, 2.45) is 0 Å². The van der Waals surface area contributed by atoms with Gasteiger partial charge in [0.05, 0.1) is 0 Å². The Labute approximate surface area is 274 Å². The van der Waals surface area contributed by atoms with Gasteiger partial charge >= 0.3 is 0 Å². The predicted octanol–water partition coefficient (Wildman–Crippen LogP) is 13.1. The van der Waals surface area contributed by atoms with Gasteiger partial charge in [0.2, 0.25) is 0 Å². The van der Waals surface area contributed by atoms with Gasteiger partial charge in [-0.2, -0.15) is 0 Å². The molecule has 9 aromatic carbocycles. The summed E-state index contributed by atoms with van der Waals surface area (Å²) in [6.07, 6.45) is 0. The van der Waals surface area contributed by atoms with Gasteiger partial charge in [0, 0.05) is 5.41 Å². The molecule has 0 aliphatic heterocycles. The van der Waals surface area contributed by atoms with Crippen LogP contribution in [0.2, 0.25) is 0 Å². The first-order valence-corrected chi connectivity index (χ1v) is 16.6. The number of benzene rings is 9. The molecule has 0 heterocycles. The van der Waals surface area contributed by atoms with E-state index in [1.165, 1.54) is 98.4 Å². The van der Waals surface area contributed by atoms with E-state index < -0.39 is 0 Å². The van der Waals surface area contributed by atoms with E-state index in [2.05, 4.69) is 172 Å². The number of hydrogen-bond acceptors (Lipinski definition) is 0. The van der Waals surface area contributed by atoms with Crippen molar-refractivity contribution in [1.29, 1.82) is 0 Å². The number of hydrogen-bond donors (Lipinski definition) is 0. The van der Waals surface area contributed by atoms with E-state index in [0.717, 1.165) is 0 Å². The normalized spacial score (nSPS) is 13.5. The Hall–Kier alpha value is -5.72. The Morgan fingerprint density at radius 1 is 0.298 bits per heavy atom. The zero-order chi connectivity index (χ0) is 31.3. The third kappa shape index (κ3) is 3.88. The SMILES string of the molecule is CC1(C)c2ccccc2-c2ccc(-c3ccc4ccc5c6cc(-c7ccc8c(ccc9ccccc98)c7)ccc6ccc5c4c3)cc21. The van der Waals surface area contributed by atoms with Gasteiger partial charge in [-0.1, -0.05) is 147 Å². The van der Waals surface area contributed by atoms with Crippen molar-refractivity contribution in [3.8, 4) is 33.4 Å². The van der Waals surface area contributed by atoms with Crippen LogP contribution in [-0.2, 0) is 5.41 Å². The first-order chi connectivity index (χ1) is 23.0. The monoisotopic (exact) mass is 596 g/mol. The lowest BCUT2D eigenvalue weighted by Crippen LogP contribution is -2.14. The van der Waals surface area contributed by atoms with E-state index in [1.54, 1.807) is 0 Å². The standard InChI is InChI=1S/C47H32/c1-47(2)45-10-6-5-9-41(45)42-24-20-35(28-46(42)47)34-15-12-31-18-22-39-40(44(31)27-34)23-17-30-11-14-33(26-43(30)39)32-19-21-38-36(25-32)16-13-29-7-3-4-8-37(29)38/h3-28H,1-2H3. The zero-order valence-corrected chi connectivity index (χ0v) is 26.5. The Kier molecular flexibility index (Phi) is 5.44. The number of rotatable bonds is 2. The largest absolute Gasteiger partial charge is 0.0619 e. The second-order valence-electron chi connectivity index (χ2n) is 13.8. The summed E-state index contributed by atoms with van der Waals surface area (Å²) in [7, 11) is 0. The minimum Gasteiger partial charge on any atom is -0.0619 e. The third-order valence-electron chi connectivity index (χ3n) is 10.8. The summed E-state index contributed by atoms with van der Waals surface area (Å²) in [6, 6.07) is 59.1. The van der Waals surface area contributed by atoms with Crippen LogP contribution in [0.4, 0.5) is 0 Å². The molecule has 1 aliphatic carbocycles. The molecule has 0 N–H and O–H groups in total. The summed E-state index contributed by atoms with van der Waals surface area (Å²) >= 11 is 0. The molecule has 0 unspecified atom stereocenters. The highest BCUT2D eigenvalue weighted by Gasteiger charge is 2.35. The Morgan fingerprint density at radius 2 is 0.766 bits per heavy atom. The minimum atomic E-state index is -0.0130. The van der Waals surface area contributed by atoms with Crippen molar-refractivity contribution in [3.05, 3.63) is 169 Å². The molecular formula is C47H32. The van der Waals surface area contributed by atoms with Gasteiger partial charge in [-0.15, -0.1) is 0 Å². The van der Waals surface area contributed by atoms with Crippen molar-refractivity contribution < 1.29 is 0 Å². The van der Waals surface area contributed by atoms with Crippen molar-refractivity contribution >= 4 is 53.9 Å². The fourth-order valence-corrected chi connectivity index (χ4v) is 8.30. The zero-order valence-electron chi connectivity index (χ0n) is 26.5. The lowest BCUT2D eigenvalue weighted by atomic mass is 9.81. The lowest BCUT2D eigenvalue weighted by molar-refractivity contribution is 0.660. The average molecular weight is 597 g/mol. The van der Waals surface area contributed by atoms with Gasteiger partial charge in [-0.05, 0) is 123 Å². The van der Waals surface area contributed by atoms with Crippen molar-refractivity contribution in [1.82, 2.24) is 0 Å². The van der Waals surface area contributed by atoms with Crippen LogP contribution in [0.1, 0.15) is 25.0 Å². The topological polar surface area (TPSA) is 0 Å². The molecule has 0 bridgehead atoms. The second kappa shape index (κ2) is 9.64. The van der Waals surface area contributed by atoms with Crippen LogP contribution in [0, 0.1) is 0 Å². The van der Waals surface area contributed by atoms with Crippen LogP contribution in [0.25, 0.3) is 87.2 Å². The van der Waals surface area contributed by atoms with Crippen molar-refractivity contribution in [3.63, 3.8) is 0 Å². The van der Waals surface area contributed by atoms with Gasteiger partial charge in [-0.3, -0.25) is 0 Å². The molecule has 0 saturated heterocycles. The molecule has 1 aliphatic rings. The highest BCUT2D eigenvalue weighted by molar-refractivity contribution is 6.18. The molecule has 0 spiro atoms. The van der Waals surface area contributed by atoms with Crippen LogP contribution in [0.3, 0.4) is 0 Å². The molecule has 0 radical (unpaired) electrons. The lowest BCUT2D eigenvalue weighted by Gasteiger charge is -2.22. The van der Waals surface area contributed by atoms with Crippen molar-refractivity contribution in [2.75, 3.05) is 0 Å². The Balaban J connectivity index is 1.10. The summed E-state index contributed by atoms with van der Waals surface area (Å²) in [5.74, 6) is 0. The molecular weight excluding hydrogens is 565 g/mol. The molecule has 0 saturated carbocycles. The van der Waals surface area contributed by atoms with E-state index >= 15 is 0 Å². The smallest absolute Gasteiger partial charge is 0.0159 e. The first kappa shape index (κ1) is 26.5. The highest BCUT2D eigenvalue weighted by Crippen LogP contribution is 2.49. The molecule has 0 fully saturated rings. The molecule has 0 atom stereocenters. The fourth-order valence-electron chi connectivity index (χ4n) is 8.30. The summed E-state index contributed by atoms with van der Waals surface area (Å²) in [5, 5.41) is 12.9. The van der Waals surface area contributed by atoms with Crippen LogP contribution < -0.4 is 0 Å². The molecule has 47 heavy (non-hydrogen) atoms. The quantitative estimate of drug-likeness (QED) is 0.174. The third-order valence-corrected chi connectivity index (χ3v) is 10.8. The molecule has 0 heteroatoms. The van der Waals surface area contributed by atoms with Crippen LogP contribution >= 0.6 is 0 Å². The van der Waals surface area contributed by atoms with E-state index in [1.807, 2.05) is 0 Å².